The second-order valence-electron chi connectivity index (χ2n) is 2.94. The summed E-state index contributed by atoms with van der Waals surface area (Å²) in [5.41, 5.74) is 0. The first kappa shape index (κ1) is 8.40. The zero-order valence-electron chi connectivity index (χ0n) is 6.38. The van der Waals surface area contributed by atoms with Gasteiger partial charge in [0, 0.05) is 18.8 Å². The minimum atomic E-state index is -0.433. The Kier molecular flexibility index (Phi) is 2.76. The van der Waals surface area contributed by atoms with Crippen molar-refractivity contribution in [2.75, 3.05) is 6.61 Å². The molecular weight excluding hydrogens is 144 g/mol. The van der Waals surface area contributed by atoms with E-state index in [1.807, 2.05) is 0 Å². The van der Waals surface area contributed by atoms with Gasteiger partial charge in [-0.05, 0) is 12.8 Å². The van der Waals surface area contributed by atoms with Crippen LogP contribution in [0.5, 0.6) is 0 Å². The molecule has 0 unspecified atom stereocenters. The first-order valence-electron chi connectivity index (χ1n) is 3.89. The molecule has 0 radical (unpaired) electrons. The molecule has 3 nitrogen and oxygen atoms in total. The fraction of sp³-hybridized carbons (Fsp3) is 0.750. The molecule has 1 saturated carbocycles. The van der Waals surface area contributed by atoms with Crippen molar-refractivity contribution in [3.63, 3.8) is 0 Å². The van der Waals surface area contributed by atoms with Gasteiger partial charge in [-0.25, -0.2) is 0 Å². The molecule has 3 heteroatoms. The highest BCUT2D eigenvalue weighted by Gasteiger charge is 2.28. The molecule has 0 amide bonds. The minimum Gasteiger partial charge on any atom is -0.389 e. The van der Waals surface area contributed by atoms with Gasteiger partial charge in [0.05, 0.1) is 0 Å². The molecule has 0 spiro atoms. The average Bonchev–Trinajstić information content (AvgIpc) is 2.81. The monoisotopic (exact) mass is 156 g/mol. The van der Waals surface area contributed by atoms with Crippen molar-refractivity contribution < 1.29 is 14.7 Å². The van der Waals surface area contributed by atoms with Crippen molar-refractivity contribution in [2.45, 2.75) is 25.7 Å². The SMILES string of the molecule is O=C(CO)CCC(=O)C1CC1. The van der Waals surface area contributed by atoms with Crippen molar-refractivity contribution in [2.24, 2.45) is 5.92 Å². The van der Waals surface area contributed by atoms with Crippen LogP contribution in [0.25, 0.3) is 0 Å². The Labute approximate surface area is 65.4 Å². The number of hydrogen-bond acceptors (Lipinski definition) is 3. The van der Waals surface area contributed by atoms with Crippen LogP contribution >= 0.6 is 0 Å². The van der Waals surface area contributed by atoms with Crippen LogP contribution in [-0.2, 0) is 9.59 Å². The number of ketones is 2. The van der Waals surface area contributed by atoms with Crippen LogP contribution < -0.4 is 0 Å². The number of hydrogen-bond donors (Lipinski definition) is 1. The molecule has 1 fully saturated rings. The van der Waals surface area contributed by atoms with E-state index in [-0.39, 0.29) is 23.9 Å². The maximum atomic E-state index is 11.0. The maximum absolute atomic E-state index is 11.0. The predicted octanol–water partition coefficient (Wildman–Crippen LogP) is 0.307. The number of aliphatic hydroxyl groups excluding tert-OH is 1. The summed E-state index contributed by atoms with van der Waals surface area (Å²) in [6, 6.07) is 0. The van der Waals surface area contributed by atoms with Crippen molar-refractivity contribution in [3.05, 3.63) is 0 Å². The second-order valence-corrected chi connectivity index (χ2v) is 2.94. The van der Waals surface area contributed by atoms with Gasteiger partial charge in [-0.15, -0.1) is 0 Å². The van der Waals surface area contributed by atoms with Gasteiger partial charge in [-0.2, -0.15) is 0 Å². The van der Waals surface area contributed by atoms with Crippen LogP contribution in [-0.4, -0.2) is 23.3 Å². The van der Waals surface area contributed by atoms with Crippen molar-refractivity contribution in [1.29, 1.82) is 0 Å². The van der Waals surface area contributed by atoms with Crippen LogP contribution in [0.1, 0.15) is 25.7 Å². The molecule has 0 heterocycles. The van der Waals surface area contributed by atoms with E-state index >= 15 is 0 Å². The fourth-order valence-corrected chi connectivity index (χ4v) is 0.951. The van der Waals surface area contributed by atoms with Crippen LogP contribution in [0.2, 0.25) is 0 Å². The number of Topliss-reactive ketones (excluding diaryl/α,β-unsaturated/α-hetero) is 2. The third-order valence-corrected chi connectivity index (χ3v) is 1.86. The molecule has 1 aliphatic carbocycles. The second kappa shape index (κ2) is 3.62. The summed E-state index contributed by atoms with van der Waals surface area (Å²) in [6.07, 6.45) is 2.52. The van der Waals surface area contributed by atoms with Crippen LogP contribution in [0.15, 0.2) is 0 Å². The Hall–Kier alpha value is -0.700. The molecule has 0 bridgehead atoms. The molecular formula is C8H12O3. The average molecular weight is 156 g/mol. The van der Waals surface area contributed by atoms with Gasteiger partial charge in [0.25, 0.3) is 0 Å². The third kappa shape index (κ3) is 2.80. The highest BCUT2D eigenvalue weighted by molar-refractivity contribution is 5.88. The molecule has 11 heavy (non-hydrogen) atoms. The third-order valence-electron chi connectivity index (χ3n) is 1.86. The van der Waals surface area contributed by atoms with Crippen molar-refractivity contribution >= 4 is 11.6 Å². The molecule has 62 valence electrons. The lowest BCUT2D eigenvalue weighted by Crippen LogP contribution is -2.08. The Morgan fingerprint density at radius 2 is 1.91 bits per heavy atom. The first-order valence-corrected chi connectivity index (χ1v) is 3.89. The molecule has 0 aromatic heterocycles. The van der Waals surface area contributed by atoms with Crippen molar-refractivity contribution in [3.8, 4) is 0 Å². The van der Waals surface area contributed by atoms with E-state index in [0.29, 0.717) is 6.42 Å². The molecule has 1 rings (SSSR count). The Morgan fingerprint density at radius 3 is 2.36 bits per heavy atom. The molecule has 0 aromatic rings. The van der Waals surface area contributed by atoms with Gasteiger partial charge in [-0.1, -0.05) is 0 Å². The zero-order valence-corrected chi connectivity index (χ0v) is 6.38. The summed E-state index contributed by atoms with van der Waals surface area (Å²) in [6.45, 7) is -0.433. The Morgan fingerprint density at radius 1 is 1.27 bits per heavy atom. The van der Waals surface area contributed by atoms with E-state index < -0.39 is 6.61 Å². The molecule has 0 saturated heterocycles. The summed E-state index contributed by atoms with van der Waals surface area (Å²) in [5.74, 6) is 0.187. The van der Waals surface area contributed by atoms with Gasteiger partial charge >= 0.3 is 0 Å². The smallest absolute Gasteiger partial charge is 0.158 e. The van der Waals surface area contributed by atoms with E-state index in [2.05, 4.69) is 0 Å². The summed E-state index contributed by atoms with van der Waals surface area (Å²) < 4.78 is 0. The Balaban J connectivity index is 2.10. The van der Waals surface area contributed by atoms with E-state index in [0.717, 1.165) is 12.8 Å². The van der Waals surface area contributed by atoms with Crippen molar-refractivity contribution in [1.82, 2.24) is 0 Å². The predicted molar refractivity (Wildman–Crippen MR) is 39.1 cm³/mol. The van der Waals surface area contributed by atoms with E-state index in [1.54, 1.807) is 0 Å². The molecule has 0 atom stereocenters. The van der Waals surface area contributed by atoms with E-state index in [4.69, 9.17) is 5.11 Å². The molecule has 0 aromatic carbocycles. The maximum Gasteiger partial charge on any atom is 0.158 e. The number of carbonyl (C=O) groups is 2. The van der Waals surface area contributed by atoms with E-state index in [9.17, 15) is 9.59 Å². The molecule has 1 N–H and O–H groups in total. The zero-order chi connectivity index (χ0) is 8.27. The normalized spacial score (nSPS) is 16.5. The summed E-state index contributed by atoms with van der Waals surface area (Å²) in [4.78, 5) is 21.5. The standard InChI is InChI=1S/C8H12O3/c9-5-7(10)3-4-8(11)6-1-2-6/h6,9H,1-5H2. The lowest BCUT2D eigenvalue weighted by molar-refractivity contribution is -0.126. The number of rotatable bonds is 5. The van der Waals surface area contributed by atoms with Gasteiger partial charge in [-0.3, -0.25) is 9.59 Å². The van der Waals surface area contributed by atoms with Crippen LogP contribution in [0, 0.1) is 5.92 Å². The first-order chi connectivity index (χ1) is 5.24. The lowest BCUT2D eigenvalue weighted by Gasteiger charge is -1.95. The quantitative estimate of drug-likeness (QED) is 0.623. The minimum absolute atomic E-state index is 0.187. The summed E-state index contributed by atoms with van der Waals surface area (Å²) >= 11 is 0. The molecule has 1 aliphatic rings. The van der Waals surface area contributed by atoms with Gasteiger partial charge in [0.15, 0.2) is 5.78 Å². The van der Waals surface area contributed by atoms with Gasteiger partial charge < -0.3 is 5.11 Å². The highest BCUT2D eigenvalue weighted by atomic mass is 16.3. The number of aliphatic hydroxyl groups is 1. The van der Waals surface area contributed by atoms with Crippen LogP contribution in [0.3, 0.4) is 0 Å². The fourth-order valence-electron chi connectivity index (χ4n) is 0.951. The van der Waals surface area contributed by atoms with E-state index in [1.165, 1.54) is 0 Å². The van der Waals surface area contributed by atoms with Gasteiger partial charge in [0.1, 0.15) is 12.4 Å². The summed E-state index contributed by atoms with van der Waals surface area (Å²) in [7, 11) is 0. The van der Waals surface area contributed by atoms with Crippen LogP contribution in [0.4, 0.5) is 0 Å². The highest BCUT2D eigenvalue weighted by Crippen LogP contribution is 2.31. The summed E-state index contributed by atoms with van der Waals surface area (Å²) in [5, 5.41) is 8.34. The largest absolute Gasteiger partial charge is 0.389 e. The topological polar surface area (TPSA) is 54.4 Å². The van der Waals surface area contributed by atoms with Gasteiger partial charge in [0.2, 0.25) is 0 Å². The lowest BCUT2D eigenvalue weighted by atomic mass is 10.1. The number of carbonyl (C=O) groups excluding carboxylic acids is 2. The Bertz CT molecular complexity index is 170. The molecule has 0 aliphatic heterocycles.